The van der Waals surface area contributed by atoms with Crippen LogP contribution in [0.1, 0.15) is 0 Å². The van der Waals surface area contributed by atoms with Crippen LogP contribution in [0.4, 0.5) is 8.78 Å². The minimum absolute atomic E-state index is 0.0514. The van der Waals surface area contributed by atoms with Crippen LogP contribution in [0.15, 0.2) is 45.8 Å². The molecule has 2 nitrogen and oxygen atoms in total. The van der Waals surface area contributed by atoms with Gasteiger partial charge in [-0.2, -0.15) is 5.26 Å². The van der Waals surface area contributed by atoms with Crippen LogP contribution in [0.3, 0.4) is 0 Å². The molecule has 6 heteroatoms. The van der Waals surface area contributed by atoms with E-state index in [1.54, 1.807) is 18.2 Å². The number of hydrogen-bond acceptors (Lipinski definition) is 3. The lowest BCUT2D eigenvalue weighted by Gasteiger charge is -2.09. The van der Waals surface area contributed by atoms with Gasteiger partial charge >= 0.3 is 0 Å². The standard InChI is InChI=1S/C14H8BrF2NOS/c15-11-8-10(20-6-5-18)2-4-13(11)19-14-3-1-9(16)7-12(14)17/h1-4,7-8H,6H2. The van der Waals surface area contributed by atoms with Gasteiger partial charge in [-0.05, 0) is 46.3 Å². The summed E-state index contributed by atoms with van der Waals surface area (Å²) in [5.74, 6) is -0.711. The lowest BCUT2D eigenvalue weighted by molar-refractivity contribution is 0.435. The van der Waals surface area contributed by atoms with E-state index in [0.717, 1.165) is 17.0 Å². The second kappa shape index (κ2) is 6.73. The Balaban J connectivity index is 2.19. The highest BCUT2D eigenvalue weighted by atomic mass is 79.9. The van der Waals surface area contributed by atoms with Gasteiger partial charge in [-0.15, -0.1) is 11.8 Å². The molecule has 0 spiro atoms. The van der Waals surface area contributed by atoms with E-state index in [0.29, 0.717) is 16.0 Å². The van der Waals surface area contributed by atoms with Gasteiger partial charge in [-0.1, -0.05) is 0 Å². The van der Waals surface area contributed by atoms with E-state index in [1.807, 2.05) is 6.07 Å². The second-order valence-corrected chi connectivity index (χ2v) is 5.62. The Kier molecular flexibility index (Phi) is 4.99. The van der Waals surface area contributed by atoms with Crippen molar-refractivity contribution in [2.24, 2.45) is 0 Å². The highest BCUT2D eigenvalue weighted by molar-refractivity contribution is 9.10. The Morgan fingerprint density at radius 3 is 2.55 bits per heavy atom. The molecule has 0 amide bonds. The van der Waals surface area contributed by atoms with E-state index in [-0.39, 0.29) is 5.75 Å². The molecule has 0 aliphatic carbocycles. The molecule has 0 atom stereocenters. The summed E-state index contributed by atoms with van der Waals surface area (Å²) in [4.78, 5) is 0.894. The molecule has 2 aromatic carbocycles. The van der Waals surface area contributed by atoms with Gasteiger partial charge in [0.1, 0.15) is 11.6 Å². The number of halogens is 3. The molecule has 0 radical (unpaired) electrons. The van der Waals surface area contributed by atoms with E-state index in [1.165, 1.54) is 17.8 Å². The summed E-state index contributed by atoms with van der Waals surface area (Å²) in [6.45, 7) is 0. The number of hydrogen-bond donors (Lipinski definition) is 0. The predicted molar refractivity (Wildman–Crippen MR) is 76.9 cm³/mol. The Labute approximate surface area is 127 Å². The lowest BCUT2D eigenvalue weighted by Crippen LogP contribution is -1.90. The van der Waals surface area contributed by atoms with E-state index >= 15 is 0 Å². The number of rotatable bonds is 4. The van der Waals surface area contributed by atoms with Gasteiger partial charge in [-0.25, -0.2) is 8.78 Å². The van der Waals surface area contributed by atoms with Gasteiger partial charge in [0.15, 0.2) is 11.6 Å². The fourth-order valence-electron chi connectivity index (χ4n) is 1.45. The van der Waals surface area contributed by atoms with Gasteiger partial charge in [-0.3, -0.25) is 0 Å². The molecule has 0 saturated carbocycles. The summed E-state index contributed by atoms with van der Waals surface area (Å²) < 4.78 is 32.3. The summed E-state index contributed by atoms with van der Waals surface area (Å²) in [6.07, 6.45) is 0. The maximum atomic E-state index is 13.5. The van der Waals surface area contributed by atoms with Crippen molar-refractivity contribution < 1.29 is 13.5 Å². The third-order valence-electron chi connectivity index (χ3n) is 2.32. The molecule has 20 heavy (non-hydrogen) atoms. The van der Waals surface area contributed by atoms with Gasteiger partial charge in [0.05, 0.1) is 16.3 Å². The molecular weight excluding hydrogens is 348 g/mol. The minimum atomic E-state index is -0.764. The highest BCUT2D eigenvalue weighted by Crippen LogP contribution is 2.34. The average Bonchev–Trinajstić information content (AvgIpc) is 2.42. The molecule has 0 N–H and O–H groups in total. The van der Waals surface area contributed by atoms with Crippen LogP contribution >= 0.6 is 27.7 Å². The Hall–Kier alpha value is -1.58. The van der Waals surface area contributed by atoms with Crippen LogP contribution in [0.5, 0.6) is 11.5 Å². The largest absolute Gasteiger partial charge is 0.453 e. The molecule has 0 aliphatic rings. The first-order valence-electron chi connectivity index (χ1n) is 5.52. The molecule has 2 aromatic rings. The zero-order valence-corrected chi connectivity index (χ0v) is 12.5. The van der Waals surface area contributed by atoms with Crippen molar-refractivity contribution in [1.82, 2.24) is 0 Å². The fourth-order valence-corrected chi connectivity index (χ4v) is 2.65. The van der Waals surface area contributed by atoms with Crippen LogP contribution in [-0.4, -0.2) is 5.75 Å². The number of nitriles is 1. The SMILES string of the molecule is N#CCSc1ccc(Oc2ccc(F)cc2F)c(Br)c1. The third kappa shape index (κ3) is 3.71. The zero-order chi connectivity index (χ0) is 14.5. The van der Waals surface area contributed by atoms with Gasteiger partial charge in [0.25, 0.3) is 0 Å². The van der Waals surface area contributed by atoms with Crippen molar-refractivity contribution in [2.75, 3.05) is 5.75 Å². The van der Waals surface area contributed by atoms with Crippen molar-refractivity contribution >= 4 is 27.7 Å². The lowest BCUT2D eigenvalue weighted by atomic mass is 10.3. The van der Waals surface area contributed by atoms with Crippen molar-refractivity contribution in [3.63, 3.8) is 0 Å². The van der Waals surface area contributed by atoms with E-state index in [4.69, 9.17) is 10.00 Å². The van der Waals surface area contributed by atoms with Gasteiger partial charge in [0.2, 0.25) is 0 Å². The molecule has 102 valence electrons. The third-order valence-corrected chi connectivity index (χ3v) is 3.80. The number of nitrogens with zero attached hydrogens (tertiary/aromatic N) is 1. The van der Waals surface area contributed by atoms with Crippen molar-refractivity contribution in [3.8, 4) is 17.6 Å². The van der Waals surface area contributed by atoms with Crippen molar-refractivity contribution in [1.29, 1.82) is 5.26 Å². The molecule has 0 fully saturated rings. The topological polar surface area (TPSA) is 33.0 Å². The van der Waals surface area contributed by atoms with Crippen LogP contribution in [0.25, 0.3) is 0 Å². The maximum Gasteiger partial charge on any atom is 0.168 e. The van der Waals surface area contributed by atoms with E-state index in [2.05, 4.69) is 15.9 Å². The molecule has 0 saturated heterocycles. The minimum Gasteiger partial charge on any atom is -0.453 e. The normalized spacial score (nSPS) is 10.1. The molecule has 0 aromatic heterocycles. The maximum absolute atomic E-state index is 13.5. The second-order valence-electron chi connectivity index (χ2n) is 3.72. The molecular formula is C14H8BrF2NOS. The summed E-state index contributed by atoms with van der Waals surface area (Å²) in [5.41, 5.74) is 0. The first-order valence-corrected chi connectivity index (χ1v) is 7.30. The van der Waals surface area contributed by atoms with Crippen LogP contribution < -0.4 is 4.74 Å². The Bertz CT molecular complexity index is 673. The van der Waals surface area contributed by atoms with Gasteiger partial charge < -0.3 is 4.74 Å². The summed E-state index contributed by atoms with van der Waals surface area (Å²) in [7, 11) is 0. The predicted octanol–water partition coefficient (Wildman–Crippen LogP) is 5.14. The average molecular weight is 356 g/mol. The van der Waals surface area contributed by atoms with Crippen LogP contribution in [-0.2, 0) is 0 Å². The van der Waals surface area contributed by atoms with E-state index < -0.39 is 11.6 Å². The smallest absolute Gasteiger partial charge is 0.168 e. The molecule has 0 aliphatic heterocycles. The molecule has 0 bridgehead atoms. The van der Waals surface area contributed by atoms with Gasteiger partial charge in [0, 0.05) is 11.0 Å². The summed E-state index contributed by atoms with van der Waals surface area (Å²) in [5, 5.41) is 8.52. The van der Waals surface area contributed by atoms with Crippen molar-refractivity contribution in [3.05, 3.63) is 52.5 Å². The van der Waals surface area contributed by atoms with Crippen LogP contribution in [0, 0.1) is 23.0 Å². The Morgan fingerprint density at radius 1 is 1.15 bits per heavy atom. The van der Waals surface area contributed by atoms with Crippen molar-refractivity contribution in [2.45, 2.75) is 4.90 Å². The highest BCUT2D eigenvalue weighted by Gasteiger charge is 2.09. The molecule has 0 heterocycles. The summed E-state index contributed by atoms with van der Waals surface area (Å²) in [6, 6.07) is 10.4. The number of thioether (sulfide) groups is 1. The van der Waals surface area contributed by atoms with E-state index in [9.17, 15) is 8.78 Å². The quantitative estimate of drug-likeness (QED) is 0.712. The monoisotopic (exact) mass is 355 g/mol. The van der Waals surface area contributed by atoms with Crippen LogP contribution in [0.2, 0.25) is 0 Å². The first-order chi connectivity index (χ1) is 9.60. The molecule has 2 rings (SSSR count). The number of ether oxygens (including phenoxy) is 1. The summed E-state index contributed by atoms with van der Waals surface area (Å²) >= 11 is 4.70. The Morgan fingerprint density at radius 2 is 1.90 bits per heavy atom. The molecule has 0 unspecified atom stereocenters. The fraction of sp³-hybridized carbons (Fsp3) is 0.0714. The first kappa shape index (κ1) is 14.8. The zero-order valence-electron chi connectivity index (χ0n) is 10.1. The number of benzene rings is 2.